The lowest BCUT2D eigenvalue weighted by Gasteiger charge is -2.38. The van der Waals surface area contributed by atoms with Gasteiger partial charge in [0, 0.05) is 31.0 Å². The molecule has 0 radical (unpaired) electrons. The van der Waals surface area contributed by atoms with Gasteiger partial charge in [-0.05, 0) is 30.7 Å². The molecule has 2 aromatic rings. The number of rotatable bonds is 9. The Balaban J connectivity index is 1.74. The van der Waals surface area contributed by atoms with Crippen molar-refractivity contribution in [1.82, 2.24) is 4.72 Å². The van der Waals surface area contributed by atoms with Gasteiger partial charge < -0.3 is 14.7 Å². The van der Waals surface area contributed by atoms with Gasteiger partial charge in [0.25, 0.3) is 0 Å². The highest BCUT2D eigenvalue weighted by Gasteiger charge is 2.30. The van der Waals surface area contributed by atoms with E-state index in [-0.39, 0.29) is 11.8 Å². The lowest BCUT2D eigenvalue weighted by Crippen LogP contribution is -3.15. The number of sulfonamides is 1. The van der Waals surface area contributed by atoms with Gasteiger partial charge in [0.15, 0.2) is 0 Å². The van der Waals surface area contributed by atoms with Gasteiger partial charge in [0.2, 0.25) is 10.0 Å². The van der Waals surface area contributed by atoms with Crippen LogP contribution in [-0.4, -0.2) is 61.0 Å². The molecule has 2 aromatic carbocycles. The first kappa shape index (κ1) is 22.6. The maximum atomic E-state index is 12.3. The van der Waals surface area contributed by atoms with Gasteiger partial charge in [-0.3, -0.25) is 0 Å². The quantitative estimate of drug-likeness (QED) is 0.632. The molecule has 1 heterocycles. The molecule has 0 aliphatic carbocycles. The first-order chi connectivity index (χ1) is 14.4. The van der Waals surface area contributed by atoms with Crippen LogP contribution in [-0.2, 0) is 10.0 Å². The fourth-order valence-electron chi connectivity index (χ4n) is 4.09. The van der Waals surface area contributed by atoms with Gasteiger partial charge in [0.1, 0.15) is 6.04 Å². The van der Waals surface area contributed by atoms with Crippen molar-refractivity contribution in [1.29, 1.82) is 0 Å². The van der Waals surface area contributed by atoms with E-state index in [9.17, 15) is 8.42 Å². The lowest BCUT2D eigenvalue weighted by molar-refractivity contribution is -0.930. The third-order valence-electron chi connectivity index (χ3n) is 5.81. The Morgan fingerprint density at radius 1 is 1.03 bits per heavy atom. The van der Waals surface area contributed by atoms with Gasteiger partial charge in [-0.1, -0.05) is 37.3 Å². The van der Waals surface area contributed by atoms with E-state index < -0.39 is 10.0 Å². The zero-order valence-corrected chi connectivity index (χ0v) is 19.2. The van der Waals surface area contributed by atoms with Crippen LogP contribution in [0.1, 0.15) is 24.9 Å². The van der Waals surface area contributed by atoms with Crippen LogP contribution in [0.2, 0.25) is 0 Å². The van der Waals surface area contributed by atoms with E-state index in [1.807, 2.05) is 27.1 Å². The molecule has 0 saturated carbocycles. The summed E-state index contributed by atoms with van der Waals surface area (Å²) in [6.45, 7) is 6.21. The lowest BCUT2D eigenvalue weighted by atomic mass is 10.0. The standard InChI is InChI=1S/C23H34N4O2S/c1-4-18-30(28,29)24-19-23(20-10-12-21(13-11-20)25(2)3)27-16-14-26(15-17-27)22-8-6-5-7-9-22/h5-13,23-24H,4,14-19H2,1-3H3/p+1/t23-/m0/s1. The number of benzene rings is 2. The molecule has 1 aliphatic rings. The summed E-state index contributed by atoms with van der Waals surface area (Å²) in [7, 11) is 0.824. The van der Waals surface area contributed by atoms with Crippen LogP contribution < -0.4 is 19.4 Å². The summed E-state index contributed by atoms with van der Waals surface area (Å²) in [6.07, 6.45) is 0.625. The average Bonchev–Trinajstić information content (AvgIpc) is 2.75. The minimum atomic E-state index is -3.23. The van der Waals surface area contributed by atoms with E-state index in [0.717, 1.165) is 31.9 Å². The number of piperazine rings is 1. The number of anilines is 2. The summed E-state index contributed by atoms with van der Waals surface area (Å²) >= 11 is 0. The van der Waals surface area contributed by atoms with Crippen LogP contribution in [0, 0.1) is 0 Å². The van der Waals surface area contributed by atoms with Gasteiger partial charge >= 0.3 is 0 Å². The van der Waals surface area contributed by atoms with Crippen molar-refractivity contribution in [3.8, 4) is 0 Å². The molecule has 30 heavy (non-hydrogen) atoms. The number of hydrogen-bond acceptors (Lipinski definition) is 4. The predicted octanol–water partition coefficient (Wildman–Crippen LogP) is 1.53. The fourth-order valence-corrected chi connectivity index (χ4v) is 5.20. The summed E-state index contributed by atoms with van der Waals surface area (Å²) in [5, 5.41) is 0. The molecule has 1 saturated heterocycles. The largest absolute Gasteiger partial charge is 0.378 e. The number of nitrogens with one attached hydrogen (secondary N) is 2. The van der Waals surface area contributed by atoms with E-state index in [0.29, 0.717) is 13.0 Å². The second kappa shape index (κ2) is 10.3. The van der Waals surface area contributed by atoms with E-state index in [1.54, 1.807) is 0 Å². The summed E-state index contributed by atoms with van der Waals surface area (Å²) in [4.78, 5) is 5.92. The molecule has 2 N–H and O–H groups in total. The molecular formula is C23H35N4O2S+. The summed E-state index contributed by atoms with van der Waals surface area (Å²) in [6, 6.07) is 19.1. The maximum Gasteiger partial charge on any atom is 0.211 e. The van der Waals surface area contributed by atoms with Crippen LogP contribution >= 0.6 is 0 Å². The van der Waals surface area contributed by atoms with Crippen molar-refractivity contribution in [2.45, 2.75) is 19.4 Å². The summed E-state index contributed by atoms with van der Waals surface area (Å²) in [5.41, 5.74) is 3.59. The van der Waals surface area contributed by atoms with Crippen LogP contribution in [0.5, 0.6) is 0 Å². The first-order valence-electron chi connectivity index (χ1n) is 10.8. The van der Waals surface area contributed by atoms with Gasteiger partial charge in [-0.15, -0.1) is 0 Å². The van der Waals surface area contributed by atoms with Gasteiger partial charge in [-0.25, -0.2) is 13.1 Å². The maximum absolute atomic E-state index is 12.3. The molecule has 164 valence electrons. The van der Waals surface area contributed by atoms with Crippen LogP contribution in [0.4, 0.5) is 11.4 Å². The van der Waals surface area contributed by atoms with E-state index in [4.69, 9.17) is 0 Å². The van der Waals surface area contributed by atoms with Crippen molar-refractivity contribution in [3.05, 3.63) is 60.2 Å². The zero-order valence-electron chi connectivity index (χ0n) is 18.3. The minimum Gasteiger partial charge on any atom is -0.378 e. The number of nitrogens with zero attached hydrogens (tertiary/aromatic N) is 2. The highest BCUT2D eigenvalue weighted by molar-refractivity contribution is 7.89. The summed E-state index contributed by atoms with van der Waals surface area (Å²) < 4.78 is 27.5. The Hall–Kier alpha value is -2.09. The second-order valence-corrected chi connectivity index (χ2v) is 10.1. The first-order valence-corrected chi connectivity index (χ1v) is 12.4. The third-order valence-corrected chi connectivity index (χ3v) is 7.36. The van der Waals surface area contributed by atoms with E-state index >= 15 is 0 Å². The molecule has 0 aromatic heterocycles. The van der Waals surface area contributed by atoms with E-state index in [2.05, 4.69) is 63.1 Å². The highest BCUT2D eigenvalue weighted by Crippen LogP contribution is 2.18. The molecule has 1 fully saturated rings. The smallest absolute Gasteiger partial charge is 0.211 e. The van der Waals surface area contributed by atoms with Crippen molar-refractivity contribution >= 4 is 21.4 Å². The average molecular weight is 432 g/mol. The molecule has 0 unspecified atom stereocenters. The monoisotopic (exact) mass is 431 g/mol. The van der Waals surface area contributed by atoms with Gasteiger partial charge in [0.05, 0.1) is 38.5 Å². The molecule has 1 aliphatic heterocycles. The fraction of sp³-hybridized carbons (Fsp3) is 0.478. The Morgan fingerprint density at radius 3 is 2.23 bits per heavy atom. The zero-order chi connectivity index (χ0) is 21.6. The topological polar surface area (TPSA) is 57.1 Å². The van der Waals surface area contributed by atoms with Gasteiger partial charge in [-0.2, -0.15) is 0 Å². The molecule has 0 spiro atoms. The van der Waals surface area contributed by atoms with E-state index in [1.165, 1.54) is 16.2 Å². The normalized spacial score (nSPS) is 16.4. The molecule has 1 atom stereocenters. The van der Waals surface area contributed by atoms with Crippen molar-refractivity contribution in [2.75, 3.05) is 62.4 Å². The Bertz CT molecular complexity index is 877. The van der Waals surface area contributed by atoms with Crippen LogP contribution in [0.3, 0.4) is 0 Å². The number of para-hydroxylation sites is 1. The Kier molecular flexibility index (Phi) is 7.75. The number of quaternary nitrogens is 1. The third kappa shape index (κ3) is 5.97. The van der Waals surface area contributed by atoms with Crippen molar-refractivity contribution in [2.24, 2.45) is 0 Å². The molecule has 3 rings (SSSR count). The molecule has 7 heteroatoms. The Labute approximate surface area is 181 Å². The van der Waals surface area contributed by atoms with Crippen LogP contribution in [0.25, 0.3) is 0 Å². The minimum absolute atomic E-state index is 0.103. The second-order valence-electron chi connectivity index (χ2n) is 8.19. The molecule has 0 amide bonds. The van der Waals surface area contributed by atoms with Crippen LogP contribution in [0.15, 0.2) is 54.6 Å². The van der Waals surface area contributed by atoms with Crippen molar-refractivity contribution < 1.29 is 13.3 Å². The number of hydrogen-bond donors (Lipinski definition) is 2. The molecule has 6 nitrogen and oxygen atoms in total. The highest BCUT2D eigenvalue weighted by atomic mass is 32.2. The summed E-state index contributed by atoms with van der Waals surface area (Å²) in [5.74, 6) is 0.177. The Morgan fingerprint density at radius 2 is 1.67 bits per heavy atom. The SMILES string of the molecule is CCCS(=O)(=O)NC[C@@H](c1ccc(N(C)C)cc1)[NH+]1CCN(c2ccccc2)CC1. The molecular weight excluding hydrogens is 396 g/mol. The van der Waals surface area contributed by atoms with Crippen molar-refractivity contribution in [3.63, 3.8) is 0 Å². The predicted molar refractivity (Wildman–Crippen MR) is 125 cm³/mol. The molecule has 0 bridgehead atoms.